The van der Waals surface area contributed by atoms with Crippen molar-refractivity contribution in [1.82, 2.24) is 4.98 Å². The number of amides is 1. The minimum absolute atomic E-state index is 0.106. The normalized spacial score (nSPS) is 19.0. The Kier molecular flexibility index (Phi) is 3.52. The third-order valence-corrected chi connectivity index (χ3v) is 4.58. The molecule has 1 unspecified atom stereocenters. The summed E-state index contributed by atoms with van der Waals surface area (Å²) in [6, 6.07) is 18.8. The van der Waals surface area contributed by atoms with Gasteiger partial charge in [-0.05, 0) is 18.2 Å². The number of benzene rings is 2. The van der Waals surface area contributed by atoms with Crippen molar-refractivity contribution in [2.24, 2.45) is 0 Å². The third-order valence-electron chi connectivity index (χ3n) is 4.58. The molecule has 4 nitrogen and oxygen atoms in total. The van der Waals surface area contributed by atoms with Gasteiger partial charge in [0.2, 0.25) is 0 Å². The van der Waals surface area contributed by atoms with Gasteiger partial charge < -0.3 is 5.11 Å². The summed E-state index contributed by atoms with van der Waals surface area (Å²) in [7, 11) is 0. The van der Waals surface area contributed by atoms with Crippen LogP contribution in [-0.4, -0.2) is 22.5 Å². The van der Waals surface area contributed by atoms with E-state index in [1.165, 1.54) is 4.90 Å². The molecule has 0 aliphatic carbocycles. The molecule has 2 heterocycles. The average molecular weight is 328 g/mol. The lowest BCUT2D eigenvalue weighted by atomic mass is 9.90. The molecule has 1 N–H and O–H groups in total. The van der Waals surface area contributed by atoms with Crippen molar-refractivity contribution in [2.45, 2.75) is 12.0 Å². The largest absolute Gasteiger partial charge is 0.375 e. The number of aliphatic hydroxyl groups is 1. The Labute approximate surface area is 145 Å². The number of anilines is 1. The summed E-state index contributed by atoms with van der Waals surface area (Å²) in [5.41, 5.74) is 1.08. The van der Waals surface area contributed by atoms with Gasteiger partial charge in [0.05, 0.1) is 17.7 Å². The molecule has 0 saturated carbocycles. The number of hydrogen-bond donors (Lipinski definition) is 1. The highest BCUT2D eigenvalue weighted by atomic mass is 16.3. The molecule has 122 valence electrons. The van der Waals surface area contributed by atoms with Crippen molar-refractivity contribution in [3.63, 3.8) is 0 Å². The van der Waals surface area contributed by atoms with Crippen LogP contribution in [0.25, 0.3) is 10.9 Å². The number of pyridine rings is 1. The maximum Gasteiger partial charge on any atom is 0.264 e. The molecule has 4 heteroatoms. The minimum Gasteiger partial charge on any atom is -0.375 e. The summed E-state index contributed by atoms with van der Waals surface area (Å²) in [6.45, 7) is 0.128. The van der Waals surface area contributed by atoms with Gasteiger partial charge in [-0.25, -0.2) is 0 Å². The highest BCUT2D eigenvalue weighted by Crippen LogP contribution is 2.41. The van der Waals surface area contributed by atoms with Crippen molar-refractivity contribution >= 4 is 22.5 Å². The summed E-state index contributed by atoms with van der Waals surface area (Å²) < 4.78 is 0. The predicted octanol–water partition coefficient (Wildman–Crippen LogP) is 2.64. The van der Waals surface area contributed by atoms with Gasteiger partial charge >= 0.3 is 0 Å². The molecular weight excluding hydrogens is 312 g/mol. The highest BCUT2D eigenvalue weighted by Gasteiger charge is 2.49. The zero-order chi connectivity index (χ0) is 17.4. The predicted molar refractivity (Wildman–Crippen MR) is 97.0 cm³/mol. The molecular formula is C21H16N2O2. The topological polar surface area (TPSA) is 53.4 Å². The number of fused-ring (bicyclic) bond motifs is 2. The molecule has 1 aliphatic heterocycles. The SMILES string of the molecule is C#CCN1C(=O)C(O)(Cc2ccc3ccccc3n2)c2ccccc21. The fourth-order valence-corrected chi connectivity index (χ4v) is 3.39. The number of carbonyl (C=O) groups is 1. The molecule has 25 heavy (non-hydrogen) atoms. The summed E-state index contributed by atoms with van der Waals surface area (Å²) in [6.07, 6.45) is 5.50. The maximum atomic E-state index is 12.9. The lowest BCUT2D eigenvalue weighted by molar-refractivity contribution is -0.135. The van der Waals surface area contributed by atoms with Gasteiger partial charge in [0.1, 0.15) is 0 Å². The van der Waals surface area contributed by atoms with Crippen LogP contribution in [0.15, 0.2) is 60.7 Å². The lowest BCUT2D eigenvalue weighted by Gasteiger charge is -2.22. The van der Waals surface area contributed by atoms with E-state index in [4.69, 9.17) is 6.42 Å². The molecule has 1 aliphatic rings. The third kappa shape index (κ3) is 2.37. The second kappa shape index (κ2) is 5.73. The Hall–Kier alpha value is -3.16. The van der Waals surface area contributed by atoms with E-state index >= 15 is 0 Å². The van der Waals surface area contributed by atoms with Gasteiger partial charge in [0, 0.05) is 23.1 Å². The van der Waals surface area contributed by atoms with Crippen LogP contribution in [0.3, 0.4) is 0 Å². The van der Waals surface area contributed by atoms with Crippen molar-refractivity contribution in [2.75, 3.05) is 11.4 Å². The zero-order valence-corrected chi connectivity index (χ0v) is 13.5. The smallest absolute Gasteiger partial charge is 0.264 e. The summed E-state index contributed by atoms with van der Waals surface area (Å²) in [5, 5.41) is 12.3. The minimum atomic E-state index is -1.65. The number of aromatic nitrogens is 1. The number of nitrogens with zero attached hydrogens (tertiary/aromatic N) is 2. The Morgan fingerprint density at radius 1 is 1.08 bits per heavy atom. The van der Waals surface area contributed by atoms with E-state index in [9.17, 15) is 9.90 Å². The number of rotatable bonds is 3. The van der Waals surface area contributed by atoms with Crippen molar-refractivity contribution in [3.8, 4) is 12.3 Å². The number of hydrogen-bond acceptors (Lipinski definition) is 3. The van der Waals surface area contributed by atoms with E-state index in [1.54, 1.807) is 12.1 Å². The Morgan fingerprint density at radius 2 is 1.84 bits per heavy atom. The van der Waals surface area contributed by atoms with E-state index in [2.05, 4.69) is 10.9 Å². The van der Waals surface area contributed by atoms with E-state index in [0.29, 0.717) is 16.9 Å². The molecule has 0 spiro atoms. The maximum absolute atomic E-state index is 12.9. The zero-order valence-electron chi connectivity index (χ0n) is 13.5. The summed E-state index contributed by atoms with van der Waals surface area (Å²) in [5.74, 6) is 2.08. The molecule has 1 aromatic heterocycles. The van der Waals surface area contributed by atoms with Crippen LogP contribution >= 0.6 is 0 Å². The van der Waals surface area contributed by atoms with Crippen molar-refractivity contribution < 1.29 is 9.90 Å². The van der Waals surface area contributed by atoms with E-state index < -0.39 is 11.5 Å². The molecule has 3 aromatic rings. The van der Waals surface area contributed by atoms with E-state index in [-0.39, 0.29) is 13.0 Å². The summed E-state index contributed by atoms with van der Waals surface area (Å²) >= 11 is 0. The van der Waals surface area contributed by atoms with Crippen molar-refractivity contribution in [3.05, 3.63) is 71.9 Å². The second-order valence-corrected chi connectivity index (χ2v) is 6.14. The molecule has 4 rings (SSSR count). The van der Waals surface area contributed by atoms with E-state index in [0.717, 1.165) is 10.9 Å². The first-order chi connectivity index (χ1) is 12.1. The lowest BCUT2D eigenvalue weighted by Crippen LogP contribution is -2.42. The van der Waals surface area contributed by atoms with Crippen LogP contribution in [-0.2, 0) is 16.8 Å². The monoisotopic (exact) mass is 328 g/mol. The van der Waals surface area contributed by atoms with Crippen LogP contribution in [0.4, 0.5) is 5.69 Å². The first-order valence-corrected chi connectivity index (χ1v) is 8.05. The second-order valence-electron chi connectivity index (χ2n) is 6.14. The quantitative estimate of drug-likeness (QED) is 0.752. The van der Waals surface area contributed by atoms with Crippen LogP contribution in [0.2, 0.25) is 0 Å². The Balaban J connectivity index is 1.77. The first-order valence-electron chi connectivity index (χ1n) is 8.05. The van der Waals surface area contributed by atoms with Gasteiger partial charge in [0.15, 0.2) is 5.60 Å². The number of carbonyl (C=O) groups excluding carboxylic acids is 1. The molecule has 0 bridgehead atoms. The van der Waals surface area contributed by atoms with Gasteiger partial charge in [-0.2, -0.15) is 0 Å². The molecule has 0 saturated heterocycles. The van der Waals surface area contributed by atoms with Gasteiger partial charge in [-0.1, -0.05) is 48.4 Å². The van der Waals surface area contributed by atoms with E-state index in [1.807, 2.05) is 48.5 Å². The van der Waals surface area contributed by atoms with Gasteiger partial charge in [-0.3, -0.25) is 14.7 Å². The average Bonchev–Trinajstić information content (AvgIpc) is 2.84. The Bertz CT molecular complexity index is 1020. The van der Waals surface area contributed by atoms with Crippen LogP contribution < -0.4 is 4.90 Å². The molecule has 1 amide bonds. The van der Waals surface area contributed by atoms with Gasteiger partial charge in [0.25, 0.3) is 5.91 Å². The molecule has 0 fully saturated rings. The molecule has 1 atom stereocenters. The molecule has 0 radical (unpaired) electrons. The highest BCUT2D eigenvalue weighted by molar-refractivity contribution is 6.07. The Morgan fingerprint density at radius 3 is 2.68 bits per heavy atom. The number of para-hydroxylation sites is 2. The summed E-state index contributed by atoms with van der Waals surface area (Å²) in [4.78, 5) is 18.9. The van der Waals surface area contributed by atoms with Crippen LogP contribution in [0.1, 0.15) is 11.3 Å². The van der Waals surface area contributed by atoms with Crippen molar-refractivity contribution in [1.29, 1.82) is 0 Å². The fraction of sp³-hybridized carbons (Fsp3) is 0.143. The number of terminal acetylenes is 1. The molecule has 2 aromatic carbocycles. The van der Waals surface area contributed by atoms with Gasteiger partial charge in [-0.15, -0.1) is 6.42 Å². The fourth-order valence-electron chi connectivity index (χ4n) is 3.39. The standard InChI is InChI=1S/C21H16N2O2/c1-2-13-23-19-10-6-4-8-17(19)21(25,20(23)24)14-16-12-11-15-7-3-5-9-18(15)22-16/h1,3-12,25H,13-14H2. The first kappa shape index (κ1) is 15.4. The van der Waals surface area contributed by atoms with Crippen LogP contribution in [0.5, 0.6) is 0 Å². The van der Waals surface area contributed by atoms with Crippen LogP contribution in [0, 0.1) is 12.3 Å².